The summed E-state index contributed by atoms with van der Waals surface area (Å²) in [5, 5.41) is 70.5. The van der Waals surface area contributed by atoms with Gasteiger partial charge >= 0.3 is 6.09 Å². The van der Waals surface area contributed by atoms with E-state index in [0.717, 1.165) is 77.8 Å². The molecular formula is C46H90N4O10. The lowest BCUT2D eigenvalue weighted by atomic mass is 9.92. The van der Waals surface area contributed by atoms with Crippen molar-refractivity contribution < 1.29 is 49.6 Å². The van der Waals surface area contributed by atoms with Crippen molar-refractivity contribution in [3.8, 4) is 0 Å². The second kappa shape index (κ2) is 30.1. The molecule has 7 unspecified atom stereocenters. The van der Waals surface area contributed by atoms with Gasteiger partial charge in [0.05, 0.1) is 31.6 Å². The number of aliphatic hydroxyl groups excluding tert-OH is 6. The molecule has 3 fully saturated rings. The molecule has 3 rings (SSSR count). The van der Waals surface area contributed by atoms with Gasteiger partial charge in [-0.1, -0.05) is 129 Å². The predicted molar refractivity (Wildman–Crippen MR) is 235 cm³/mol. The number of nitrogens with one attached hydrogen (secondary N) is 2. The van der Waals surface area contributed by atoms with Gasteiger partial charge in [0.2, 0.25) is 0 Å². The van der Waals surface area contributed by atoms with Crippen LogP contribution in [0.25, 0.3) is 0 Å². The molecule has 0 spiro atoms. The topological polar surface area (TPSA) is 197 Å². The Bertz CT molecular complexity index is 1090. The molecule has 3 aliphatic rings. The van der Waals surface area contributed by atoms with Gasteiger partial charge in [0, 0.05) is 44.7 Å². The van der Waals surface area contributed by atoms with Crippen molar-refractivity contribution in [2.24, 2.45) is 5.92 Å². The van der Waals surface area contributed by atoms with E-state index in [2.05, 4.69) is 22.5 Å². The van der Waals surface area contributed by atoms with Crippen molar-refractivity contribution in [1.82, 2.24) is 20.4 Å². The van der Waals surface area contributed by atoms with E-state index in [4.69, 9.17) is 14.2 Å². The number of carbonyl (C=O) groups excluding carboxylic acids is 1. The first-order chi connectivity index (χ1) is 28.8. The van der Waals surface area contributed by atoms with Crippen LogP contribution in [0.3, 0.4) is 0 Å². The average Bonchev–Trinajstić information content (AvgIpc) is 3.69. The van der Waals surface area contributed by atoms with E-state index >= 15 is 0 Å². The number of hydrogen-bond acceptors (Lipinski definition) is 13. The summed E-state index contributed by atoms with van der Waals surface area (Å²) in [5.74, 6) is -0.587. The highest BCUT2D eigenvalue weighted by Crippen LogP contribution is 2.26. The van der Waals surface area contributed by atoms with E-state index < -0.39 is 61.0 Å². The monoisotopic (exact) mass is 859 g/mol. The summed E-state index contributed by atoms with van der Waals surface area (Å²) < 4.78 is 17.0. The van der Waals surface area contributed by atoms with E-state index in [1.165, 1.54) is 96.3 Å². The molecule has 3 heterocycles. The third-order valence-corrected chi connectivity index (χ3v) is 12.7. The Balaban J connectivity index is 1.32. The van der Waals surface area contributed by atoms with Crippen molar-refractivity contribution in [1.29, 1.82) is 0 Å². The summed E-state index contributed by atoms with van der Waals surface area (Å²) in [7, 11) is 0. The molecule has 0 saturated carbocycles. The molecule has 3 saturated heterocycles. The quantitative estimate of drug-likeness (QED) is 0.0425. The molecule has 60 heavy (non-hydrogen) atoms. The van der Waals surface area contributed by atoms with Crippen molar-refractivity contribution in [3.63, 3.8) is 0 Å². The highest BCUT2D eigenvalue weighted by molar-refractivity contribution is 5.68. The Morgan fingerprint density at radius 2 is 1.30 bits per heavy atom. The maximum absolute atomic E-state index is 12.3. The van der Waals surface area contributed by atoms with Crippen LogP contribution in [-0.2, 0) is 14.2 Å². The zero-order valence-corrected chi connectivity index (χ0v) is 38.2. The Morgan fingerprint density at radius 1 is 0.750 bits per heavy atom. The van der Waals surface area contributed by atoms with Crippen molar-refractivity contribution >= 4 is 6.09 Å². The molecule has 14 heteroatoms. The molecule has 0 aliphatic carbocycles. The SMILES string of the molecule is CCCCCCCCCCCCCC[C@@H](O)[C@@H](O)[C@H](COC1OC(CO)C(O)C(O)C1O)C1NCC(CCCCCCCCCCN2CCN(C(=O)OC(C)(C)C)CC2)N1. The Labute approximate surface area is 363 Å². The lowest BCUT2D eigenvalue weighted by Crippen LogP contribution is -2.60. The highest BCUT2D eigenvalue weighted by atomic mass is 16.7. The summed E-state index contributed by atoms with van der Waals surface area (Å²) in [6.45, 7) is 12.4. The first-order valence-electron chi connectivity index (χ1n) is 24.3. The van der Waals surface area contributed by atoms with Crippen LogP contribution in [-0.4, -0.2) is 160 Å². The summed E-state index contributed by atoms with van der Waals surface area (Å²) in [4.78, 5) is 16.6. The molecule has 354 valence electrons. The highest BCUT2D eigenvalue weighted by Gasteiger charge is 2.45. The Hall–Kier alpha value is -1.17. The summed E-state index contributed by atoms with van der Waals surface area (Å²) in [6, 6.07) is 0.205. The minimum Gasteiger partial charge on any atom is -0.444 e. The molecule has 3 aliphatic heterocycles. The predicted octanol–water partition coefficient (Wildman–Crippen LogP) is 5.18. The number of nitrogens with zero attached hydrogens (tertiary/aromatic N) is 2. The van der Waals surface area contributed by atoms with Gasteiger partial charge in [-0.3, -0.25) is 15.5 Å². The molecule has 0 aromatic heterocycles. The Kier molecular flexibility index (Phi) is 26.6. The lowest BCUT2D eigenvalue weighted by molar-refractivity contribution is -0.305. The van der Waals surface area contributed by atoms with E-state index in [-0.39, 0.29) is 24.9 Å². The second-order valence-electron chi connectivity index (χ2n) is 19.1. The first-order valence-corrected chi connectivity index (χ1v) is 24.3. The number of ether oxygens (including phenoxy) is 3. The fraction of sp³-hybridized carbons (Fsp3) is 0.978. The minimum atomic E-state index is -1.56. The second-order valence-corrected chi connectivity index (χ2v) is 19.1. The minimum absolute atomic E-state index is 0.0819. The number of carbonyl (C=O) groups is 1. The number of amides is 1. The molecule has 8 N–H and O–H groups in total. The third kappa shape index (κ3) is 20.6. The smallest absolute Gasteiger partial charge is 0.410 e. The summed E-state index contributed by atoms with van der Waals surface area (Å²) in [5.41, 5.74) is -0.461. The molecule has 14 nitrogen and oxygen atoms in total. The van der Waals surface area contributed by atoms with E-state index in [9.17, 15) is 35.4 Å². The van der Waals surface area contributed by atoms with E-state index in [0.29, 0.717) is 6.42 Å². The van der Waals surface area contributed by atoms with Crippen molar-refractivity contribution in [2.75, 3.05) is 52.5 Å². The lowest BCUT2D eigenvalue weighted by Gasteiger charge is -2.40. The number of aliphatic hydroxyl groups is 6. The molecular weight excluding hydrogens is 769 g/mol. The zero-order chi connectivity index (χ0) is 43.8. The molecule has 10 atom stereocenters. The maximum atomic E-state index is 12.3. The van der Waals surface area contributed by atoms with Gasteiger partial charge in [-0.05, 0) is 46.6 Å². The van der Waals surface area contributed by atoms with Gasteiger partial charge in [-0.15, -0.1) is 0 Å². The van der Waals surface area contributed by atoms with E-state index in [1.54, 1.807) is 0 Å². The van der Waals surface area contributed by atoms with Gasteiger partial charge in [0.15, 0.2) is 6.29 Å². The fourth-order valence-corrected chi connectivity index (χ4v) is 8.82. The van der Waals surface area contributed by atoms with Gasteiger partial charge < -0.3 is 49.7 Å². The zero-order valence-electron chi connectivity index (χ0n) is 38.2. The molecule has 1 amide bonds. The van der Waals surface area contributed by atoms with Crippen molar-refractivity contribution in [3.05, 3.63) is 0 Å². The maximum Gasteiger partial charge on any atom is 0.410 e. The number of hydrogen-bond donors (Lipinski definition) is 8. The van der Waals surface area contributed by atoms with Crippen LogP contribution >= 0.6 is 0 Å². The number of unbranched alkanes of at least 4 members (excludes halogenated alkanes) is 18. The van der Waals surface area contributed by atoms with Gasteiger partial charge in [-0.2, -0.15) is 0 Å². The van der Waals surface area contributed by atoms with Crippen LogP contribution < -0.4 is 10.6 Å². The van der Waals surface area contributed by atoms with Crippen LogP contribution in [0.15, 0.2) is 0 Å². The Morgan fingerprint density at radius 3 is 1.87 bits per heavy atom. The number of rotatable bonds is 31. The van der Waals surface area contributed by atoms with Gasteiger partial charge in [0.1, 0.15) is 30.0 Å². The molecule has 0 bridgehead atoms. The van der Waals surface area contributed by atoms with Gasteiger partial charge in [0.25, 0.3) is 0 Å². The largest absolute Gasteiger partial charge is 0.444 e. The van der Waals surface area contributed by atoms with Crippen molar-refractivity contribution in [2.45, 2.75) is 230 Å². The number of piperazine rings is 1. The first kappa shape index (κ1) is 53.2. The van der Waals surface area contributed by atoms with Crippen LogP contribution in [0.4, 0.5) is 4.79 Å². The van der Waals surface area contributed by atoms with Gasteiger partial charge in [-0.25, -0.2) is 4.79 Å². The van der Waals surface area contributed by atoms with Crippen LogP contribution in [0.1, 0.15) is 169 Å². The molecule has 0 aromatic rings. The normalized spacial score (nSPS) is 27.0. The van der Waals surface area contributed by atoms with Crippen LogP contribution in [0.5, 0.6) is 0 Å². The van der Waals surface area contributed by atoms with E-state index in [1.807, 2.05) is 25.7 Å². The summed E-state index contributed by atoms with van der Waals surface area (Å²) in [6.07, 6.45) is 16.1. The molecule has 0 aromatic carbocycles. The standard InChI is InChI=1S/C46H90N4O10/c1-5-6-7-8-9-10-11-12-13-17-20-23-26-37(52)39(53)36(34-58-44-42(56)41(55)40(54)38(33-51)59-44)43-47-32-35(48-43)25-22-19-16-14-15-18-21-24-27-49-28-30-50(31-29-49)45(57)60-46(2,3)4/h35-44,47-48,51-56H,5-34H2,1-4H3/t35?,36-,37+,38?,39-,40?,41?,42?,43?,44?/m0/s1. The third-order valence-electron chi connectivity index (χ3n) is 12.7. The average molecular weight is 859 g/mol. The van der Waals surface area contributed by atoms with Crippen LogP contribution in [0, 0.1) is 5.92 Å². The fourth-order valence-electron chi connectivity index (χ4n) is 8.82. The summed E-state index contributed by atoms with van der Waals surface area (Å²) >= 11 is 0. The molecule has 0 radical (unpaired) electrons. The van der Waals surface area contributed by atoms with Crippen LogP contribution in [0.2, 0.25) is 0 Å².